The Bertz CT molecular complexity index is 1590. The van der Waals surface area contributed by atoms with Crippen LogP contribution in [-0.4, -0.2) is 73.7 Å². The van der Waals surface area contributed by atoms with Crippen LogP contribution in [0.25, 0.3) is 16.6 Å². The van der Waals surface area contributed by atoms with Crippen LogP contribution >= 0.6 is 0 Å². The lowest BCUT2D eigenvalue weighted by molar-refractivity contribution is -0.137. The Hall–Kier alpha value is -3.59. The maximum absolute atomic E-state index is 14.6. The van der Waals surface area contributed by atoms with Crippen LogP contribution in [0.3, 0.4) is 0 Å². The summed E-state index contributed by atoms with van der Waals surface area (Å²) in [4.78, 5) is 49.4. The minimum Gasteiger partial charge on any atom is -0.339 e. The second-order valence-corrected chi connectivity index (χ2v) is 13.0. The molecule has 2 aliphatic heterocycles. The van der Waals surface area contributed by atoms with Crippen molar-refractivity contribution in [3.05, 3.63) is 59.3 Å². The summed E-state index contributed by atoms with van der Waals surface area (Å²) in [5.41, 5.74) is 2.95. The molecule has 1 aliphatic carbocycles. The number of fused-ring (bicyclic) bond motifs is 1. The standard InChI is InChI=1S/C34H42FN5O3/c1-6-38(20(2)3)32(42)26-18-24(35)7-8-28(26)40-22(5)30(25-10-15-36-19-29(25)40)31(41)23-11-16-39(21(4)17-23)33(43)27-9-12-34(37-27)13-14-34/h7-8,10,15,18-21,23,27,37H,6,9,11-14,16-17H2,1-5H3/t21-,23-,27+/m1/s1. The van der Waals surface area contributed by atoms with E-state index >= 15 is 0 Å². The summed E-state index contributed by atoms with van der Waals surface area (Å²) in [6.07, 6.45) is 8.84. The maximum Gasteiger partial charge on any atom is 0.256 e. The number of rotatable bonds is 7. The molecule has 2 aromatic heterocycles. The molecule has 0 bridgehead atoms. The molecule has 2 amide bonds. The molecule has 43 heavy (non-hydrogen) atoms. The SMILES string of the molecule is CCN(C(=O)c1cc(F)ccc1-n1c(C)c(C(=O)[C@@H]2CCN(C(=O)[C@@H]3CCC4(CC4)N3)[C@H](C)C2)c2ccncc21)C(C)C. The summed E-state index contributed by atoms with van der Waals surface area (Å²) in [5.74, 6) is -0.792. The van der Waals surface area contributed by atoms with Crippen molar-refractivity contribution in [2.75, 3.05) is 13.1 Å². The largest absolute Gasteiger partial charge is 0.339 e. The third-order valence-corrected chi connectivity index (χ3v) is 9.98. The van der Waals surface area contributed by atoms with E-state index in [9.17, 15) is 18.8 Å². The van der Waals surface area contributed by atoms with Crippen LogP contribution in [0.15, 0.2) is 36.7 Å². The summed E-state index contributed by atoms with van der Waals surface area (Å²) in [7, 11) is 0. The van der Waals surface area contributed by atoms with Crippen molar-refractivity contribution in [1.29, 1.82) is 0 Å². The van der Waals surface area contributed by atoms with E-state index in [2.05, 4.69) is 10.3 Å². The Morgan fingerprint density at radius 3 is 2.58 bits per heavy atom. The fraction of sp³-hybridized carbons (Fsp3) is 0.529. The maximum atomic E-state index is 14.6. The van der Waals surface area contributed by atoms with Crippen LogP contribution in [0.4, 0.5) is 4.39 Å². The van der Waals surface area contributed by atoms with Crippen LogP contribution in [0.5, 0.6) is 0 Å². The molecule has 3 aromatic rings. The summed E-state index contributed by atoms with van der Waals surface area (Å²) in [6.45, 7) is 10.7. The lowest BCUT2D eigenvalue weighted by atomic mass is 9.84. The number of nitrogens with one attached hydrogen (secondary N) is 1. The second kappa shape index (κ2) is 11.2. The van der Waals surface area contributed by atoms with Gasteiger partial charge in [0, 0.05) is 59.5 Å². The smallest absolute Gasteiger partial charge is 0.256 e. The molecule has 1 aromatic carbocycles. The van der Waals surface area contributed by atoms with Gasteiger partial charge in [-0.05, 0) is 97.4 Å². The van der Waals surface area contributed by atoms with Gasteiger partial charge in [-0.1, -0.05) is 0 Å². The Morgan fingerprint density at radius 1 is 1.16 bits per heavy atom. The normalized spacial score (nSPS) is 22.9. The first kappa shape index (κ1) is 29.5. The minimum atomic E-state index is -0.495. The molecule has 6 rings (SSSR count). The average molecular weight is 588 g/mol. The first-order chi connectivity index (χ1) is 20.5. The number of hydrogen-bond acceptors (Lipinski definition) is 5. The van der Waals surface area contributed by atoms with Gasteiger partial charge in [-0.2, -0.15) is 0 Å². The monoisotopic (exact) mass is 587 g/mol. The number of pyridine rings is 1. The van der Waals surface area contributed by atoms with Crippen molar-refractivity contribution in [1.82, 2.24) is 24.7 Å². The molecule has 3 atom stereocenters. The summed E-state index contributed by atoms with van der Waals surface area (Å²) in [6, 6.07) is 5.86. The molecule has 8 nitrogen and oxygen atoms in total. The Labute approximate surface area is 252 Å². The van der Waals surface area contributed by atoms with Gasteiger partial charge in [-0.3, -0.25) is 19.4 Å². The van der Waals surface area contributed by atoms with Crippen molar-refractivity contribution < 1.29 is 18.8 Å². The number of carbonyl (C=O) groups is 3. The number of amides is 2. The van der Waals surface area contributed by atoms with Gasteiger partial charge in [0.05, 0.1) is 29.0 Å². The lowest BCUT2D eigenvalue weighted by Crippen LogP contribution is -2.52. The fourth-order valence-electron chi connectivity index (χ4n) is 7.46. The van der Waals surface area contributed by atoms with Crippen molar-refractivity contribution in [3.8, 4) is 5.69 Å². The summed E-state index contributed by atoms with van der Waals surface area (Å²) < 4.78 is 16.4. The number of piperidine rings is 1. The molecule has 1 saturated carbocycles. The number of halogens is 1. The van der Waals surface area contributed by atoms with E-state index in [0.29, 0.717) is 48.4 Å². The van der Waals surface area contributed by atoms with E-state index in [0.717, 1.165) is 31.1 Å². The zero-order valence-corrected chi connectivity index (χ0v) is 25.8. The second-order valence-electron chi connectivity index (χ2n) is 13.0. The van der Waals surface area contributed by atoms with Crippen LogP contribution < -0.4 is 5.32 Å². The lowest BCUT2D eigenvalue weighted by Gasteiger charge is -2.38. The van der Waals surface area contributed by atoms with Gasteiger partial charge in [-0.15, -0.1) is 0 Å². The van der Waals surface area contributed by atoms with Crippen molar-refractivity contribution in [2.45, 2.75) is 96.8 Å². The van der Waals surface area contributed by atoms with E-state index in [1.165, 1.54) is 12.1 Å². The molecule has 9 heteroatoms. The fourth-order valence-corrected chi connectivity index (χ4v) is 7.46. The molecule has 0 radical (unpaired) electrons. The van der Waals surface area contributed by atoms with E-state index < -0.39 is 5.82 Å². The van der Waals surface area contributed by atoms with Crippen molar-refractivity contribution in [2.24, 2.45) is 5.92 Å². The molecule has 4 heterocycles. The first-order valence-corrected chi connectivity index (χ1v) is 15.7. The Balaban J connectivity index is 1.32. The van der Waals surface area contributed by atoms with Crippen LogP contribution in [-0.2, 0) is 4.79 Å². The molecule has 2 saturated heterocycles. The zero-order chi connectivity index (χ0) is 30.6. The number of aromatic nitrogens is 2. The van der Waals surface area contributed by atoms with E-state index in [-0.39, 0.29) is 52.7 Å². The third-order valence-electron chi connectivity index (χ3n) is 9.98. The number of carbonyl (C=O) groups excluding carboxylic acids is 3. The number of ketones is 1. The minimum absolute atomic E-state index is 0.0367. The van der Waals surface area contributed by atoms with Crippen LogP contribution in [0, 0.1) is 18.7 Å². The van der Waals surface area contributed by atoms with Crippen molar-refractivity contribution in [3.63, 3.8) is 0 Å². The predicted octanol–water partition coefficient (Wildman–Crippen LogP) is 5.44. The number of Topliss-reactive ketones (excluding diaryl/α,β-unsaturated/α-hetero) is 1. The van der Waals surface area contributed by atoms with Crippen LogP contribution in [0.1, 0.15) is 92.6 Å². The highest BCUT2D eigenvalue weighted by Crippen LogP contribution is 2.45. The third kappa shape index (κ3) is 5.15. The molecule has 0 unspecified atom stereocenters. The zero-order valence-electron chi connectivity index (χ0n) is 25.8. The molecule has 3 aliphatic rings. The number of nitrogens with zero attached hydrogens (tertiary/aromatic N) is 4. The van der Waals surface area contributed by atoms with E-state index in [4.69, 9.17) is 0 Å². The van der Waals surface area contributed by atoms with Crippen LogP contribution in [0.2, 0.25) is 0 Å². The number of hydrogen-bond donors (Lipinski definition) is 1. The molecule has 3 fully saturated rings. The van der Waals surface area contributed by atoms with Crippen molar-refractivity contribution >= 4 is 28.5 Å². The first-order valence-electron chi connectivity index (χ1n) is 15.7. The summed E-state index contributed by atoms with van der Waals surface area (Å²) >= 11 is 0. The Kier molecular flexibility index (Phi) is 7.65. The highest BCUT2D eigenvalue weighted by molar-refractivity contribution is 6.11. The van der Waals surface area contributed by atoms with Gasteiger partial charge in [0.15, 0.2) is 5.78 Å². The molecule has 1 N–H and O–H groups in total. The number of benzene rings is 1. The quantitative estimate of drug-likeness (QED) is 0.372. The van der Waals surface area contributed by atoms with Gasteiger partial charge >= 0.3 is 0 Å². The summed E-state index contributed by atoms with van der Waals surface area (Å²) in [5, 5.41) is 4.34. The molecule has 1 spiro atoms. The average Bonchev–Trinajstić information content (AvgIpc) is 3.51. The molecule has 228 valence electrons. The van der Waals surface area contributed by atoms with Gasteiger partial charge in [-0.25, -0.2) is 4.39 Å². The van der Waals surface area contributed by atoms with Gasteiger partial charge in [0.1, 0.15) is 5.82 Å². The Morgan fingerprint density at radius 2 is 1.93 bits per heavy atom. The number of likely N-dealkylation sites (tertiary alicyclic amines) is 1. The predicted molar refractivity (Wildman–Crippen MR) is 164 cm³/mol. The molecular weight excluding hydrogens is 545 g/mol. The van der Waals surface area contributed by atoms with E-state index in [1.807, 2.05) is 50.2 Å². The molecular formula is C34H42FN5O3. The van der Waals surface area contributed by atoms with Gasteiger partial charge in [0.25, 0.3) is 5.91 Å². The highest BCUT2D eigenvalue weighted by Gasteiger charge is 2.50. The highest BCUT2D eigenvalue weighted by atomic mass is 19.1. The van der Waals surface area contributed by atoms with E-state index in [1.54, 1.807) is 23.4 Å². The van der Waals surface area contributed by atoms with Gasteiger partial charge < -0.3 is 19.7 Å². The topological polar surface area (TPSA) is 87.5 Å². The van der Waals surface area contributed by atoms with Gasteiger partial charge in [0.2, 0.25) is 5.91 Å².